The molecule has 0 radical (unpaired) electrons. The van der Waals surface area contributed by atoms with E-state index in [9.17, 15) is 8.78 Å². The summed E-state index contributed by atoms with van der Waals surface area (Å²) in [5, 5.41) is 3.07. The number of nitrogens with one attached hydrogen (secondary N) is 1. The summed E-state index contributed by atoms with van der Waals surface area (Å²) in [4.78, 5) is 4.22. The molecule has 0 spiro atoms. The Hall–Kier alpha value is -1.49. The van der Waals surface area contributed by atoms with Crippen LogP contribution in [-0.4, -0.2) is 4.98 Å². The van der Waals surface area contributed by atoms with Crippen molar-refractivity contribution >= 4 is 21.6 Å². The third-order valence-corrected chi connectivity index (χ3v) is 2.98. The van der Waals surface area contributed by atoms with Gasteiger partial charge < -0.3 is 5.32 Å². The third kappa shape index (κ3) is 3.04. The summed E-state index contributed by atoms with van der Waals surface area (Å²) < 4.78 is 26.9. The van der Waals surface area contributed by atoms with Crippen molar-refractivity contribution in [3.05, 3.63) is 57.8 Å². The first-order valence-electron chi connectivity index (χ1n) is 5.37. The van der Waals surface area contributed by atoms with Crippen molar-refractivity contribution in [2.45, 2.75) is 13.5 Å². The highest BCUT2D eigenvalue weighted by Crippen LogP contribution is 2.18. The molecule has 0 unspecified atom stereocenters. The number of nitrogens with zero attached hydrogens (tertiary/aromatic N) is 1. The highest BCUT2D eigenvalue weighted by atomic mass is 79.9. The lowest BCUT2D eigenvalue weighted by atomic mass is 10.2. The van der Waals surface area contributed by atoms with Crippen molar-refractivity contribution in [2.75, 3.05) is 5.32 Å². The van der Waals surface area contributed by atoms with Crippen molar-refractivity contribution in [3.63, 3.8) is 0 Å². The van der Waals surface area contributed by atoms with E-state index in [1.807, 2.05) is 13.0 Å². The van der Waals surface area contributed by atoms with Gasteiger partial charge in [0.25, 0.3) is 0 Å². The zero-order valence-corrected chi connectivity index (χ0v) is 11.3. The monoisotopic (exact) mass is 312 g/mol. The zero-order chi connectivity index (χ0) is 13.1. The van der Waals surface area contributed by atoms with Crippen LogP contribution in [0.5, 0.6) is 0 Å². The molecular weight excluding hydrogens is 302 g/mol. The van der Waals surface area contributed by atoms with Crippen LogP contribution in [0.25, 0.3) is 0 Å². The standard InChI is InChI=1S/C13H11BrF2N2/c1-8-12(4-5-13(14)18-8)17-7-9-2-3-10(15)6-11(9)16/h2-6,17H,7H2,1H3. The van der Waals surface area contributed by atoms with Gasteiger partial charge in [-0.3, -0.25) is 0 Å². The van der Waals surface area contributed by atoms with Crippen molar-refractivity contribution in [1.82, 2.24) is 4.98 Å². The molecule has 0 saturated carbocycles. The molecule has 1 aromatic heterocycles. The van der Waals surface area contributed by atoms with Gasteiger partial charge in [-0.05, 0) is 41.1 Å². The second-order valence-corrected chi connectivity index (χ2v) is 4.67. The van der Waals surface area contributed by atoms with Gasteiger partial charge in [-0.1, -0.05) is 6.07 Å². The molecule has 5 heteroatoms. The molecule has 18 heavy (non-hydrogen) atoms. The lowest BCUT2D eigenvalue weighted by molar-refractivity contribution is 0.574. The summed E-state index contributed by atoms with van der Waals surface area (Å²) in [5.41, 5.74) is 2.05. The van der Waals surface area contributed by atoms with E-state index in [2.05, 4.69) is 26.2 Å². The van der Waals surface area contributed by atoms with Crippen LogP contribution in [0.15, 0.2) is 34.9 Å². The molecule has 2 nitrogen and oxygen atoms in total. The Bertz CT molecular complexity index is 521. The fourth-order valence-electron chi connectivity index (χ4n) is 1.57. The lowest BCUT2D eigenvalue weighted by Gasteiger charge is -2.09. The number of aryl methyl sites for hydroxylation is 1. The molecule has 94 valence electrons. The highest BCUT2D eigenvalue weighted by molar-refractivity contribution is 9.10. The van der Waals surface area contributed by atoms with Crippen molar-refractivity contribution in [3.8, 4) is 0 Å². The molecule has 0 bridgehead atoms. The van der Waals surface area contributed by atoms with Gasteiger partial charge in [0.05, 0.1) is 11.4 Å². The number of benzene rings is 1. The summed E-state index contributed by atoms with van der Waals surface area (Å²) in [7, 11) is 0. The van der Waals surface area contributed by atoms with E-state index in [4.69, 9.17) is 0 Å². The van der Waals surface area contributed by atoms with Crippen LogP contribution < -0.4 is 5.32 Å². The maximum atomic E-state index is 13.4. The summed E-state index contributed by atoms with van der Waals surface area (Å²) in [6.45, 7) is 2.14. The minimum absolute atomic E-state index is 0.288. The van der Waals surface area contributed by atoms with Gasteiger partial charge in [-0.15, -0.1) is 0 Å². The number of aromatic nitrogens is 1. The van der Waals surface area contributed by atoms with Gasteiger partial charge in [-0.25, -0.2) is 13.8 Å². The van der Waals surface area contributed by atoms with Crippen LogP contribution in [0.1, 0.15) is 11.3 Å². The van der Waals surface area contributed by atoms with E-state index in [0.717, 1.165) is 22.1 Å². The molecule has 0 atom stereocenters. The summed E-state index contributed by atoms with van der Waals surface area (Å²) in [6, 6.07) is 7.21. The molecule has 0 aliphatic carbocycles. The van der Waals surface area contributed by atoms with Crippen LogP contribution >= 0.6 is 15.9 Å². The Kier molecular flexibility index (Phi) is 3.91. The van der Waals surface area contributed by atoms with E-state index >= 15 is 0 Å². The molecule has 0 aliphatic heterocycles. The number of halogens is 3. The molecular formula is C13H11BrF2N2. The molecule has 2 rings (SSSR count). The van der Waals surface area contributed by atoms with E-state index < -0.39 is 11.6 Å². The maximum Gasteiger partial charge on any atom is 0.131 e. The van der Waals surface area contributed by atoms with Gasteiger partial charge in [0, 0.05) is 18.2 Å². The second-order valence-electron chi connectivity index (χ2n) is 3.86. The Morgan fingerprint density at radius 3 is 2.67 bits per heavy atom. The van der Waals surface area contributed by atoms with Crippen molar-refractivity contribution in [2.24, 2.45) is 0 Å². The highest BCUT2D eigenvalue weighted by Gasteiger charge is 2.05. The van der Waals surface area contributed by atoms with E-state index in [1.165, 1.54) is 12.1 Å². The predicted octanol–water partition coefficient (Wildman–Crippen LogP) is 4.04. The number of rotatable bonds is 3. The number of anilines is 1. The normalized spacial score (nSPS) is 10.4. The van der Waals surface area contributed by atoms with Gasteiger partial charge in [0.15, 0.2) is 0 Å². The molecule has 2 aromatic rings. The summed E-state index contributed by atoms with van der Waals surface area (Å²) in [5.74, 6) is -1.12. The fourth-order valence-corrected chi connectivity index (χ4v) is 1.97. The van der Waals surface area contributed by atoms with Crippen LogP contribution in [0.3, 0.4) is 0 Å². The molecule has 0 fully saturated rings. The average Bonchev–Trinajstić information content (AvgIpc) is 2.30. The number of hydrogen-bond acceptors (Lipinski definition) is 2. The predicted molar refractivity (Wildman–Crippen MR) is 70.4 cm³/mol. The van der Waals surface area contributed by atoms with Gasteiger partial charge in [-0.2, -0.15) is 0 Å². The zero-order valence-electron chi connectivity index (χ0n) is 9.67. The first kappa shape index (κ1) is 13.0. The topological polar surface area (TPSA) is 24.9 Å². The van der Waals surface area contributed by atoms with E-state index in [1.54, 1.807) is 6.07 Å². The third-order valence-electron chi connectivity index (χ3n) is 2.54. The van der Waals surface area contributed by atoms with Gasteiger partial charge in [0.2, 0.25) is 0 Å². The van der Waals surface area contributed by atoms with Gasteiger partial charge in [0.1, 0.15) is 16.2 Å². The van der Waals surface area contributed by atoms with Crippen LogP contribution in [0.2, 0.25) is 0 Å². The Morgan fingerprint density at radius 2 is 2.00 bits per heavy atom. The molecule has 0 amide bonds. The minimum atomic E-state index is -0.572. The van der Waals surface area contributed by atoms with E-state index in [-0.39, 0.29) is 6.54 Å². The SMILES string of the molecule is Cc1nc(Br)ccc1NCc1ccc(F)cc1F. The molecule has 1 N–H and O–H groups in total. The molecule has 1 aromatic carbocycles. The lowest BCUT2D eigenvalue weighted by Crippen LogP contribution is -2.04. The van der Waals surface area contributed by atoms with Gasteiger partial charge >= 0.3 is 0 Å². The Balaban J connectivity index is 2.11. The summed E-state index contributed by atoms with van der Waals surface area (Å²) in [6.07, 6.45) is 0. The quantitative estimate of drug-likeness (QED) is 0.865. The summed E-state index contributed by atoms with van der Waals surface area (Å²) >= 11 is 3.27. The fraction of sp³-hybridized carbons (Fsp3) is 0.154. The van der Waals surface area contributed by atoms with Crippen molar-refractivity contribution in [1.29, 1.82) is 0 Å². The van der Waals surface area contributed by atoms with Crippen LogP contribution in [0.4, 0.5) is 14.5 Å². The Morgan fingerprint density at radius 1 is 1.22 bits per heavy atom. The molecule has 0 saturated heterocycles. The van der Waals surface area contributed by atoms with Crippen LogP contribution in [-0.2, 0) is 6.54 Å². The minimum Gasteiger partial charge on any atom is -0.379 e. The smallest absolute Gasteiger partial charge is 0.131 e. The number of pyridine rings is 1. The second kappa shape index (κ2) is 5.44. The van der Waals surface area contributed by atoms with Crippen LogP contribution in [0, 0.1) is 18.6 Å². The Labute approximate surface area is 112 Å². The van der Waals surface area contributed by atoms with Crippen molar-refractivity contribution < 1.29 is 8.78 Å². The molecule has 0 aliphatic rings. The first-order chi connectivity index (χ1) is 8.56. The average molecular weight is 313 g/mol. The largest absolute Gasteiger partial charge is 0.379 e. The first-order valence-corrected chi connectivity index (χ1v) is 6.16. The number of hydrogen-bond donors (Lipinski definition) is 1. The van der Waals surface area contributed by atoms with E-state index in [0.29, 0.717) is 5.56 Å². The maximum absolute atomic E-state index is 13.4. The molecule has 1 heterocycles.